The van der Waals surface area contributed by atoms with Crippen molar-refractivity contribution >= 4 is 36.3 Å². The summed E-state index contributed by atoms with van der Waals surface area (Å²) in [6.07, 6.45) is 0. The molecule has 0 saturated carbocycles. The van der Waals surface area contributed by atoms with Crippen LogP contribution in [-0.4, -0.2) is 35.3 Å². The van der Waals surface area contributed by atoms with Crippen LogP contribution in [0.3, 0.4) is 0 Å². The number of halogens is 1. The van der Waals surface area contributed by atoms with Gasteiger partial charge in [-0.05, 0) is 42.4 Å². The van der Waals surface area contributed by atoms with Crippen LogP contribution in [0.5, 0.6) is 0 Å². The fourth-order valence-electron chi connectivity index (χ4n) is 3.70. The third-order valence-corrected chi connectivity index (χ3v) is 7.34. The minimum atomic E-state index is -1.25. The molecule has 186 valence electrons. The van der Waals surface area contributed by atoms with E-state index in [1.54, 1.807) is 28.9 Å². The summed E-state index contributed by atoms with van der Waals surface area (Å²) in [5.41, 5.74) is 2.50. The maximum atomic E-state index is 13.6. The largest absolute Gasteiger partial charge is 0.360 e. The van der Waals surface area contributed by atoms with Crippen LogP contribution in [0.4, 0.5) is 15.8 Å². The maximum Gasteiger partial charge on any atom is 0.270 e. The molecule has 36 heavy (non-hydrogen) atoms. The average Bonchev–Trinajstić information content (AvgIpc) is 3.19. The Morgan fingerprint density at radius 3 is 2.61 bits per heavy atom. The highest BCUT2D eigenvalue weighted by molar-refractivity contribution is 6.76. The normalized spacial score (nSPS) is 11.6. The van der Waals surface area contributed by atoms with E-state index in [0.29, 0.717) is 28.9 Å². The fraction of sp³-hybridized carbons (Fsp3) is 0.231. The second-order valence-corrected chi connectivity index (χ2v) is 15.3. The molecule has 4 aromatic rings. The molecule has 0 saturated heterocycles. The number of non-ortho nitro benzene ring substituents is 1. The Balaban J connectivity index is 1.69. The van der Waals surface area contributed by atoms with Gasteiger partial charge >= 0.3 is 0 Å². The maximum absolute atomic E-state index is 13.6. The van der Waals surface area contributed by atoms with Crippen LogP contribution in [0, 0.1) is 15.9 Å². The number of nitro benzene ring substituents is 1. The number of aromatic nitrogens is 2. The Morgan fingerprint density at radius 1 is 1.11 bits per heavy atom. The number of amides is 1. The summed E-state index contributed by atoms with van der Waals surface area (Å²) < 4.78 is 21.2. The van der Waals surface area contributed by atoms with E-state index < -0.39 is 24.7 Å². The predicted molar refractivity (Wildman–Crippen MR) is 140 cm³/mol. The molecule has 3 aromatic carbocycles. The van der Waals surface area contributed by atoms with Gasteiger partial charge in [-0.1, -0.05) is 37.8 Å². The van der Waals surface area contributed by atoms with Crippen molar-refractivity contribution in [2.45, 2.75) is 32.4 Å². The van der Waals surface area contributed by atoms with Crippen LogP contribution in [0.25, 0.3) is 22.2 Å². The first kappa shape index (κ1) is 25.2. The van der Waals surface area contributed by atoms with Crippen molar-refractivity contribution in [1.82, 2.24) is 9.78 Å². The monoisotopic (exact) mass is 506 g/mol. The summed E-state index contributed by atoms with van der Waals surface area (Å²) in [6, 6.07) is 18.0. The fourth-order valence-corrected chi connectivity index (χ4v) is 4.45. The number of fused-ring (bicyclic) bond motifs is 1. The lowest BCUT2D eigenvalue weighted by Crippen LogP contribution is -2.22. The van der Waals surface area contributed by atoms with E-state index in [0.717, 1.165) is 17.6 Å². The van der Waals surface area contributed by atoms with Crippen molar-refractivity contribution in [3.05, 3.63) is 88.2 Å². The van der Waals surface area contributed by atoms with Gasteiger partial charge in [0.05, 0.1) is 10.4 Å². The molecular weight excluding hydrogens is 479 g/mol. The molecule has 8 nitrogen and oxygen atoms in total. The Kier molecular flexibility index (Phi) is 7.27. The number of benzene rings is 3. The minimum Gasteiger partial charge on any atom is -0.360 e. The molecule has 0 aliphatic rings. The zero-order chi connectivity index (χ0) is 25.9. The second-order valence-electron chi connectivity index (χ2n) is 9.70. The molecule has 0 aliphatic carbocycles. The predicted octanol–water partition coefficient (Wildman–Crippen LogP) is 6.32. The molecule has 0 unspecified atom stereocenters. The van der Waals surface area contributed by atoms with Gasteiger partial charge in [-0.2, -0.15) is 5.10 Å². The van der Waals surface area contributed by atoms with Gasteiger partial charge in [0.1, 0.15) is 18.2 Å². The van der Waals surface area contributed by atoms with Crippen LogP contribution < -0.4 is 5.32 Å². The molecule has 1 N–H and O–H groups in total. The second kappa shape index (κ2) is 10.4. The lowest BCUT2D eigenvalue weighted by molar-refractivity contribution is -0.384. The first-order valence-corrected chi connectivity index (χ1v) is 15.2. The Hall–Kier alpha value is -3.89. The van der Waals surface area contributed by atoms with Crippen molar-refractivity contribution in [2.75, 3.05) is 11.9 Å². The van der Waals surface area contributed by atoms with Gasteiger partial charge in [0.15, 0.2) is 0 Å². The molecule has 0 fully saturated rings. The SMILES string of the molecule is C[Si](C)(C)CCOCn1nc(-c2cccc([N+](=O)[O-])c2)c2cc(NC(=O)c3cccc(F)c3)ccc21. The smallest absolute Gasteiger partial charge is 0.270 e. The van der Waals surface area contributed by atoms with Crippen molar-refractivity contribution in [1.29, 1.82) is 0 Å². The number of nitrogens with one attached hydrogen (secondary N) is 1. The van der Waals surface area contributed by atoms with Gasteiger partial charge in [-0.15, -0.1) is 0 Å². The molecule has 10 heteroatoms. The first-order chi connectivity index (χ1) is 17.1. The van der Waals surface area contributed by atoms with Gasteiger partial charge in [0.25, 0.3) is 11.6 Å². The highest BCUT2D eigenvalue weighted by Gasteiger charge is 2.18. The molecule has 0 spiro atoms. The third-order valence-electron chi connectivity index (χ3n) is 5.64. The van der Waals surface area contributed by atoms with E-state index in [2.05, 4.69) is 25.0 Å². The zero-order valence-electron chi connectivity index (χ0n) is 20.3. The number of anilines is 1. The molecular formula is C26H27FN4O4Si. The van der Waals surface area contributed by atoms with E-state index in [4.69, 9.17) is 9.84 Å². The topological polar surface area (TPSA) is 99.3 Å². The van der Waals surface area contributed by atoms with Gasteiger partial charge in [0.2, 0.25) is 0 Å². The van der Waals surface area contributed by atoms with Crippen molar-refractivity contribution in [3.63, 3.8) is 0 Å². The summed E-state index contributed by atoms with van der Waals surface area (Å²) in [5, 5.41) is 19.5. The summed E-state index contributed by atoms with van der Waals surface area (Å²) >= 11 is 0. The van der Waals surface area contributed by atoms with Crippen LogP contribution in [0.1, 0.15) is 10.4 Å². The summed E-state index contributed by atoms with van der Waals surface area (Å²) in [4.78, 5) is 23.5. The number of hydrogen-bond acceptors (Lipinski definition) is 5. The standard InChI is InChI=1S/C26H27FN4O4Si/c1-36(2,3)13-12-35-17-30-24-11-10-21(28-26(32)19-7-4-8-20(27)14-19)16-23(24)25(29-30)18-6-5-9-22(15-18)31(33)34/h4-11,14-16H,12-13,17H2,1-3H3,(H,28,32). The minimum absolute atomic E-state index is 0.0443. The van der Waals surface area contributed by atoms with E-state index >= 15 is 0 Å². The summed E-state index contributed by atoms with van der Waals surface area (Å²) in [6.45, 7) is 7.68. The molecule has 0 bridgehead atoms. The average molecular weight is 507 g/mol. The van der Waals surface area contributed by atoms with E-state index in [1.165, 1.54) is 30.3 Å². The first-order valence-electron chi connectivity index (χ1n) is 11.5. The van der Waals surface area contributed by atoms with Gasteiger partial charge < -0.3 is 10.1 Å². The van der Waals surface area contributed by atoms with Gasteiger partial charge in [-0.25, -0.2) is 9.07 Å². The van der Waals surface area contributed by atoms with Gasteiger partial charge in [-0.3, -0.25) is 14.9 Å². The van der Waals surface area contributed by atoms with E-state index in [-0.39, 0.29) is 18.0 Å². The number of nitrogens with zero attached hydrogens (tertiary/aromatic N) is 3. The van der Waals surface area contributed by atoms with Crippen LogP contribution in [0.2, 0.25) is 25.7 Å². The summed E-state index contributed by atoms with van der Waals surface area (Å²) in [7, 11) is -1.25. The lowest BCUT2D eigenvalue weighted by Gasteiger charge is -2.15. The van der Waals surface area contributed by atoms with Crippen molar-refractivity contribution < 1.29 is 18.8 Å². The van der Waals surface area contributed by atoms with E-state index in [9.17, 15) is 19.3 Å². The number of nitro groups is 1. The Morgan fingerprint density at radius 2 is 1.89 bits per heavy atom. The molecule has 0 atom stereocenters. The van der Waals surface area contributed by atoms with Crippen molar-refractivity contribution in [3.8, 4) is 11.3 Å². The lowest BCUT2D eigenvalue weighted by atomic mass is 10.1. The molecule has 1 heterocycles. The van der Waals surface area contributed by atoms with Crippen LogP contribution in [0.15, 0.2) is 66.7 Å². The summed E-state index contributed by atoms with van der Waals surface area (Å²) in [5.74, 6) is -0.950. The van der Waals surface area contributed by atoms with Gasteiger partial charge in [0, 0.05) is 49.0 Å². The molecule has 0 radical (unpaired) electrons. The Bertz CT molecular complexity index is 1430. The quantitative estimate of drug-likeness (QED) is 0.124. The highest BCUT2D eigenvalue weighted by atomic mass is 28.3. The van der Waals surface area contributed by atoms with E-state index in [1.807, 2.05) is 6.07 Å². The van der Waals surface area contributed by atoms with Crippen LogP contribution >= 0.6 is 0 Å². The number of ether oxygens (including phenoxy) is 1. The number of carbonyl (C=O) groups excluding carboxylic acids is 1. The number of hydrogen-bond donors (Lipinski definition) is 1. The number of rotatable bonds is 9. The molecule has 0 aliphatic heterocycles. The van der Waals surface area contributed by atoms with Crippen molar-refractivity contribution in [2.24, 2.45) is 0 Å². The van der Waals surface area contributed by atoms with Crippen LogP contribution in [-0.2, 0) is 11.5 Å². The molecule has 4 rings (SSSR count). The molecule has 1 amide bonds. The third kappa shape index (κ3) is 6.02. The number of carbonyl (C=O) groups is 1. The Labute approximate surface area is 208 Å². The highest BCUT2D eigenvalue weighted by Crippen LogP contribution is 2.32. The zero-order valence-corrected chi connectivity index (χ0v) is 21.3. The molecule has 1 aromatic heterocycles.